The van der Waals surface area contributed by atoms with Gasteiger partial charge in [-0.05, 0) is 18.6 Å². The topological polar surface area (TPSA) is 80.3 Å². The van der Waals surface area contributed by atoms with Crippen molar-refractivity contribution in [1.29, 1.82) is 0 Å². The smallest absolute Gasteiger partial charge is 0.323 e. The Morgan fingerprint density at radius 2 is 2.27 bits per heavy atom. The maximum atomic E-state index is 11.1. The van der Waals surface area contributed by atoms with Gasteiger partial charge in [-0.25, -0.2) is 4.79 Å². The molecule has 5 nitrogen and oxygen atoms in total. The minimum atomic E-state index is -0.577. The van der Waals surface area contributed by atoms with E-state index in [4.69, 9.17) is 10.9 Å². The molecule has 78 valence electrons. The first-order valence-electron chi connectivity index (χ1n) is 4.45. The zero-order valence-corrected chi connectivity index (χ0v) is 8.19. The molecule has 1 amide bonds. The average molecular weight is 205 g/mol. The highest BCUT2D eigenvalue weighted by Crippen LogP contribution is 2.26. The van der Waals surface area contributed by atoms with Crippen molar-refractivity contribution < 1.29 is 10.0 Å². The normalized spacial score (nSPS) is 10.5. The van der Waals surface area contributed by atoms with Crippen LogP contribution in [-0.2, 0) is 0 Å². The van der Waals surface area contributed by atoms with Crippen molar-refractivity contribution in [3.63, 3.8) is 0 Å². The Morgan fingerprint density at radius 1 is 1.53 bits per heavy atom. The van der Waals surface area contributed by atoms with Crippen LogP contribution in [0.5, 0.6) is 0 Å². The highest BCUT2D eigenvalue weighted by molar-refractivity contribution is 5.99. The van der Waals surface area contributed by atoms with E-state index in [1.165, 1.54) is 10.8 Å². The third-order valence-corrected chi connectivity index (χ3v) is 2.32. The Kier molecular flexibility index (Phi) is 2.09. The van der Waals surface area contributed by atoms with E-state index in [0.29, 0.717) is 11.2 Å². The number of carbonyl (C=O) groups is 1. The summed E-state index contributed by atoms with van der Waals surface area (Å²) in [6.45, 7) is 1.92. The van der Waals surface area contributed by atoms with E-state index in [9.17, 15) is 4.79 Å². The first-order chi connectivity index (χ1) is 7.13. The molecule has 0 spiro atoms. The summed E-state index contributed by atoms with van der Waals surface area (Å²) in [5.41, 5.74) is 9.41. The minimum absolute atomic E-state index is 0.462. The molecule has 4 N–H and O–H groups in total. The van der Waals surface area contributed by atoms with Gasteiger partial charge < -0.3 is 5.73 Å². The number of benzene rings is 1. The largest absolute Gasteiger partial charge is 0.351 e. The van der Waals surface area contributed by atoms with Gasteiger partial charge in [-0.15, -0.1) is 0 Å². The van der Waals surface area contributed by atoms with E-state index in [-0.39, 0.29) is 0 Å². The molecule has 0 aliphatic rings. The molecule has 5 heteroatoms. The third kappa shape index (κ3) is 1.42. The molecule has 1 heterocycles. The fourth-order valence-corrected chi connectivity index (χ4v) is 1.61. The van der Waals surface area contributed by atoms with Crippen LogP contribution >= 0.6 is 0 Å². The number of aryl methyl sites for hydroxylation is 1. The maximum absolute atomic E-state index is 11.1. The Balaban J connectivity index is 2.81. The molecule has 0 saturated carbocycles. The predicted molar refractivity (Wildman–Crippen MR) is 57.1 cm³/mol. The summed E-state index contributed by atoms with van der Waals surface area (Å²) in [4.78, 5) is 11.1. The number of nitrogens with two attached hydrogens (primary N) is 1. The fourth-order valence-electron chi connectivity index (χ4n) is 1.61. The van der Waals surface area contributed by atoms with Crippen LogP contribution in [0, 0.1) is 6.92 Å². The summed E-state index contributed by atoms with van der Waals surface area (Å²) >= 11 is 0. The Hall–Kier alpha value is -2.01. The van der Waals surface area contributed by atoms with Crippen LogP contribution in [0.25, 0.3) is 10.9 Å². The first-order valence-corrected chi connectivity index (χ1v) is 4.45. The van der Waals surface area contributed by atoms with Crippen molar-refractivity contribution in [1.82, 2.24) is 4.57 Å². The minimum Gasteiger partial charge on any atom is -0.351 e. The highest BCUT2D eigenvalue weighted by Gasteiger charge is 2.10. The van der Waals surface area contributed by atoms with Crippen molar-refractivity contribution in [3.05, 3.63) is 30.0 Å². The number of fused-ring (bicyclic) bond motifs is 1. The summed E-state index contributed by atoms with van der Waals surface area (Å²) in [7, 11) is 0. The molecule has 2 aromatic rings. The van der Waals surface area contributed by atoms with E-state index in [2.05, 4.69) is 0 Å². The van der Waals surface area contributed by atoms with Gasteiger partial charge in [-0.1, -0.05) is 12.1 Å². The van der Waals surface area contributed by atoms with Crippen LogP contribution in [0.15, 0.2) is 24.4 Å². The lowest BCUT2D eigenvalue weighted by Gasteiger charge is -1.99. The molecule has 0 saturated heterocycles. The molecule has 1 aromatic carbocycles. The van der Waals surface area contributed by atoms with Crippen molar-refractivity contribution >= 4 is 22.6 Å². The SMILES string of the molecule is Cc1ccc2c(NO)cn(C(N)=O)c2c1. The Bertz CT molecular complexity index is 531. The van der Waals surface area contributed by atoms with Crippen molar-refractivity contribution in [2.45, 2.75) is 6.92 Å². The van der Waals surface area contributed by atoms with Gasteiger partial charge >= 0.3 is 6.03 Å². The molecule has 0 bridgehead atoms. The number of carbonyl (C=O) groups excluding carboxylic acids is 1. The number of primary amides is 1. The number of hydrogen-bond donors (Lipinski definition) is 3. The quantitative estimate of drug-likeness (QED) is 0.619. The van der Waals surface area contributed by atoms with E-state index in [1.807, 2.05) is 30.6 Å². The molecule has 0 atom stereocenters. The second kappa shape index (κ2) is 3.29. The average Bonchev–Trinajstić information content (AvgIpc) is 2.55. The standard InChI is InChI=1S/C10H11N3O2/c1-6-2-3-7-8(12-15)5-13(10(11)14)9(7)4-6/h2-5,12,15H,1H3,(H2,11,14). The van der Waals surface area contributed by atoms with E-state index >= 15 is 0 Å². The van der Waals surface area contributed by atoms with Gasteiger partial charge in [0.05, 0.1) is 11.2 Å². The van der Waals surface area contributed by atoms with E-state index in [0.717, 1.165) is 10.9 Å². The third-order valence-electron chi connectivity index (χ3n) is 2.32. The lowest BCUT2D eigenvalue weighted by molar-refractivity contribution is 0.251. The number of rotatable bonds is 1. The number of anilines is 1. The van der Waals surface area contributed by atoms with Crippen molar-refractivity contribution in [2.75, 3.05) is 5.48 Å². The van der Waals surface area contributed by atoms with Crippen molar-refractivity contribution in [2.24, 2.45) is 5.73 Å². The summed E-state index contributed by atoms with van der Waals surface area (Å²) in [6.07, 6.45) is 1.46. The molecule has 0 aliphatic carbocycles. The van der Waals surface area contributed by atoms with Gasteiger partial charge in [0, 0.05) is 11.6 Å². The second-order valence-corrected chi connectivity index (χ2v) is 3.38. The monoisotopic (exact) mass is 205 g/mol. The molecular formula is C10H11N3O2. The summed E-state index contributed by atoms with van der Waals surface area (Å²) in [5, 5.41) is 9.64. The highest BCUT2D eigenvalue weighted by atomic mass is 16.5. The fraction of sp³-hybridized carbons (Fsp3) is 0.100. The Labute approximate surface area is 86.1 Å². The predicted octanol–water partition coefficient (Wildman–Crippen LogP) is 1.68. The molecule has 0 unspecified atom stereocenters. The van der Waals surface area contributed by atoms with Crippen LogP contribution in [0.4, 0.5) is 10.5 Å². The van der Waals surface area contributed by atoms with Gasteiger partial charge in [-0.2, -0.15) is 0 Å². The molecule has 0 aliphatic heterocycles. The second-order valence-electron chi connectivity index (χ2n) is 3.38. The van der Waals surface area contributed by atoms with Gasteiger partial charge in [0.1, 0.15) is 0 Å². The molecular weight excluding hydrogens is 194 g/mol. The summed E-state index contributed by atoms with van der Waals surface area (Å²) in [5.74, 6) is 0. The van der Waals surface area contributed by atoms with E-state index in [1.54, 1.807) is 0 Å². The van der Waals surface area contributed by atoms with Crippen LogP contribution in [0.3, 0.4) is 0 Å². The van der Waals surface area contributed by atoms with Crippen LogP contribution in [0.1, 0.15) is 5.56 Å². The van der Waals surface area contributed by atoms with Crippen LogP contribution in [0.2, 0.25) is 0 Å². The van der Waals surface area contributed by atoms with Crippen molar-refractivity contribution in [3.8, 4) is 0 Å². The molecule has 0 radical (unpaired) electrons. The van der Waals surface area contributed by atoms with E-state index < -0.39 is 6.03 Å². The number of aromatic nitrogens is 1. The van der Waals surface area contributed by atoms with Gasteiger partial charge in [0.2, 0.25) is 0 Å². The lowest BCUT2D eigenvalue weighted by Crippen LogP contribution is -2.18. The van der Waals surface area contributed by atoms with Crippen LogP contribution in [-0.4, -0.2) is 15.8 Å². The number of nitrogens with zero attached hydrogens (tertiary/aromatic N) is 1. The van der Waals surface area contributed by atoms with Crippen LogP contribution < -0.4 is 11.2 Å². The van der Waals surface area contributed by atoms with Gasteiger partial charge in [0.15, 0.2) is 0 Å². The Morgan fingerprint density at radius 3 is 2.87 bits per heavy atom. The molecule has 2 rings (SSSR count). The summed E-state index contributed by atoms with van der Waals surface area (Å²) < 4.78 is 1.29. The molecule has 1 aromatic heterocycles. The lowest BCUT2D eigenvalue weighted by atomic mass is 10.2. The number of hydrogen-bond acceptors (Lipinski definition) is 3. The number of amides is 1. The first kappa shape index (κ1) is 9.54. The molecule has 0 fully saturated rings. The van der Waals surface area contributed by atoms with Gasteiger partial charge in [-0.3, -0.25) is 15.3 Å². The summed E-state index contributed by atoms with van der Waals surface area (Å²) in [6, 6.07) is 4.98. The zero-order chi connectivity index (χ0) is 11.0. The number of nitrogens with one attached hydrogen (secondary N) is 1. The molecule has 15 heavy (non-hydrogen) atoms. The zero-order valence-electron chi connectivity index (χ0n) is 8.19. The van der Waals surface area contributed by atoms with Gasteiger partial charge in [0.25, 0.3) is 0 Å². The maximum Gasteiger partial charge on any atom is 0.323 e.